The molecule has 2 rings (SSSR count). The lowest BCUT2D eigenvalue weighted by Gasteiger charge is -2.20. The molecule has 22 heavy (non-hydrogen) atoms. The van der Waals surface area contributed by atoms with Gasteiger partial charge in [-0.2, -0.15) is 0 Å². The van der Waals surface area contributed by atoms with E-state index in [4.69, 9.17) is 0 Å². The highest BCUT2D eigenvalue weighted by Gasteiger charge is 2.20. The van der Waals surface area contributed by atoms with Crippen LogP contribution in [-0.4, -0.2) is 23.2 Å². The molecular formula is C17H17F2NO2. The molecule has 0 fully saturated rings. The van der Waals surface area contributed by atoms with E-state index in [1.54, 1.807) is 6.92 Å². The molecule has 2 N–H and O–H groups in total. The molecule has 0 aliphatic carbocycles. The molecule has 2 aromatic carbocycles. The van der Waals surface area contributed by atoms with Crippen molar-refractivity contribution in [1.82, 2.24) is 5.32 Å². The van der Waals surface area contributed by atoms with Crippen LogP contribution in [0.5, 0.6) is 0 Å². The Labute approximate surface area is 127 Å². The first-order chi connectivity index (χ1) is 10.5. The van der Waals surface area contributed by atoms with Crippen LogP contribution in [0.15, 0.2) is 48.5 Å². The predicted octanol–water partition coefficient (Wildman–Crippen LogP) is 2.69. The summed E-state index contributed by atoms with van der Waals surface area (Å²) < 4.78 is 26.6. The van der Waals surface area contributed by atoms with E-state index in [-0.39, 0.29) is 5.56 Å². The summed E-state index contributed by atoms with van der Waals surface area (Å²) in [6.45, 7) is 1.61. The Bertz CT molecular complexity index is 646. The second-order valence-corrected chi connectivity index (χ2v) is 5.14. The van der Waals surface area contributed by atoms with Crippen molar-refractivity contribution >= 4 is 5.91 Å². The average molecular weight is 305 g/mol. The van der Waals surface area contributed by atoms with Crippen LogP contribution in [0.3, 0.4) is 0 Å². The molecule has 0 aromatic heterocycles. The Morgan fingerprint density at radius 2 is 1.86 bits per heavy atom. The standard InChI is InChI=1S/C17H17F2NO2/c1-11(16(21)9-12-5-3-2-4-6-12)20-17(22)14-10-13(18)7-8-15(14)19/h2-8,10-11,16,21H,9H2,1H3,(H,20,22). The Kier molecular flexibility index (Phi) is 5.22. The predicted molar refractivity (Wildman–Crippen MR) is 79.4 cm³/mol. The van der Waals surface area contributed by atoms with E-state index in [9.17, 15) is 18.7 Å². The number of rotatable bonds is 5. The molecule has 0 saturated carbocycles. The molecule has 1 amide bonds. The van der Waals surface area contributed by atoms with E-state index in [0.29, 0.717) is 6.42 Å². The van der Waals surface area contributed by atoms with Gasteiger partial charge in [0.2, 0.25) is 0 Å². The highest BCUT2D eigenvalue weighted by Crippen LogP contribution is 2.11. The van der Waals surface area contributed by atoms with Gasteiger partial charge in [-0.15, -0.1) is 0 Å². The lowest BCUT2D eigenvalue weighted by molar-refractivity contribution is 0.0847. The summed E-state index contributed by atoms with van der Waals surface area (Å²) in [5.41, 5.74) is 0.548. The van der Waals surface area contributed by atoms with Crippen LogP contribution in [-0.2, 0) is 6.42 Å². The van der Waals surface area contributed by atoms with E-state index in [0.717, 1.165) is 23.8 Å². The first kappa shape index (κ1) is 16.1. The van der Waals surface area contributed by atoms with Gasteiger partial charge in [0.15, 0.2) is 0 Å². The number of hydrogen-bond donors (Lipinski definition) is 2. The second-order valence-electron chi connectivity index (χ2n) is 5.14. The normalized spacial score (nSPS) is 13.5. The zero-order valence-electron chi connectivity index (χ0n) is 12.1. The summed E-state index contributed by atoms with van der Waals surface area (Å²) in [7, 11) is 0. The second kappa shape index (κ2) is 7.13. The van der Waals surface area contributed by atoms with E-state index < -0.39 is 29.7 Å². The van der Waals surface area contributed by atoms with Crippen molar-refractivity contribution in [3.63, 3.8) is 0 Å². The van der Waals surface area contributed by atoms with Crippen molar-refractivity contribution in [2.24, 2.45) is 0 Å². The number of benzene rings is 2. The molecule has 2 atom stereocenters. The number of aliphatic hydroxyl groups excluding tert-OH is 1. The molecule has 0 saturated heterocycles. The molecule has 0 bridgehead atoms. The Hall–Kier alpha value is -2.27. The van der Waals surface area contributed by atoms with Gasteiger partial charge >= 0.3 is 0 Å². The van der Waals surface area contributed by atoms with Gasteiger partial charge in [-0.3, -0.25) is 4.79 Å². The minimum Gasteiger partial charge on any atom is -0.391 e. The number of hydrogen-bond acceptors (Lipinski definition) is 2. The largest absolute Gasteiger partial charge is 0.391 e. The van der Waals surface area contributed by atoms with E-state index >= 15 is 0 Å². The highest BCUT2D eigenvalue weighted by atomic mass is 19.1. The Morgan fingerprint density at radius 3 is 2.55 bits per heavy atom. The topological polar surface area (TPSA) is 49.3 Å². The van der Waals surface area contributed by atoms with Crippen LogP contribution in [0.25, 0.3) is 0 Å². The maximum absolute atomic E-state index is 13.5. The third-order valence-electron chi connectivity index (χ3n) is 3.40. The third kappa shape index (κ3) is 4.11. The number of halogens is 2. The molecule has 0 spiro atoms. The molecule has 2 aromatic rings. The monoisotopic (exact) mass is 305 g/mol. The molecular weight excluding hydrogens is 288 g/mol. The fourth-order valence-corrected chi connectivity index (χ4v) is 2.08. The quantitative estimate of drug-likeness (QED) is 0.892. The summed E-state index contributed by atoms with van der Waals surface area (Å²) in [6.07, 6.45) is -0.476. The van der Waals surface area contributed by atoms with Gasteiger partial charge in [0.25, 0.3) is 5.91 Å². The SMILES string of the molecule is CC(NC(=O)c1cc(F)ccc1F)C(O)Cc1ccccc1. The van der Waals surface area contributed by atoms with Gasteiger partial charge < -0.3 is 10.4 Å². The molecule has 0 radical (unpaired) electrons. The Balaban J connectivity index is 2.00. The molecule has 2 unspecified atom stereocenters. The Morgan fingerprint density at radius 1 is 1.18 bits per heavy atom. The molecule has 116 valence electrons. The van der Waals surface area contributed by atoms with Crippen molar-refractivity contribution in [3.8, 4) is 0 Å². The summed E-state index contributed by atoms with van der Waals surface area (Å²) in [6, 6.07) is 11.4. The zero-order chi connectivity index (χ0) is 16.1. The van der Waals surface area contributed by atoms with E-state index in [1.165, 1.54) is 0 Å². The average Bonchev–Trinajstić information content (AvgIpc) is 2.50. The van der Waals surface area contributed by atoms with Gasteiger partial charge in [0.05, 0.1) is 17.7 Å². The van der Waals surface area contributed by atoms with Crippen molar-refractivity contribution < 1.29 is 18.7 Å². The maximum Gasteiger partial charge on any atom is 0.254 e. The summed E-state index contributed by atoms with van der Waals surface area (Å²) >= 11 is 0. The van der Waals surface area contributed by atoms with Crippen molar-refractivity contribution in [1.29, 1.82) is 0 Å². The van der Waals surface area contributed by atoms with Gasteiger partial charge in [-0.25, -0.2) is 8.78 Å². The first-order valence-electron chi connectivity index (χ1n) is 6.95. The first-order valence-corrected chi connectivity index (χ1v) is 6.95. The fourth-order valence-electron chi connectivity index (χ4n) is 2.08. The smallest absolute Gasteiger partial charge is 0.254 e. The zero-order valence-corrected chi connectivity index (χ0v) is 12.1. The number of carbonyl (C=O) groups excluding carboxylic acids is 1. The van der Waals surface area contributed by atoms with Crippen molar-refractivity contribution in [2.75, 3.05) is 0 Å². The number of carbonyl (C=O) groups is 1. The molecule has 0 heterocycles. The molecule has 0 aliphatic heterocycles. The van der Waals surface area contributed by atoms with Crippen LogP contribution in [0.1, 0.15) is 22.8 Å². The van der Waals surface area contributed by atoms with Gasteiger partial charge in [0.1, 0.15) is 11.6 Å². The fraction of sp³-hybridized carbons (Fsp3) is 0.235. The number of nitrogens with one attached hydrogen (secondary N) is 1. The van der Waals surface area contributed by atoms with Crippen molar-refractivity contribution in [2.45, 2.75) is 25.5 Å². The summed E-state index contributed by atoms with van der Waals surface area (Å²) in [4.78, 5) is 12.0. The molecule has 5 heteroatoms. The van der Waals surface area contributed by atoms with Crippen LogP contribution in [0.4, 0.5) is 8.78 Å². The number of aliphatic hydroxyl groups is 1. The summed E-state index contributed by atoms with van der Waals surface area (Å²) in [5, 5.41) is 12.6. The maximum atomic E-state index is 13.5. The lowest BCUT2D eigenvalue weighted by Crippen LogP contribution is -2.42. The van der Waals surface area contributed by atoms with Crippen LogP contribution >= 0.6 is 0 Å². The van der Waals surface area contributed by atoms with Crippen molar-refractivity contribution in [3.05, 3.63) is 71.3 Å². The minimum atomic E-state index is -0.831. The summed E-state index contributed by atoms with van der Waals surface area (Å²) in [5.74, 6) is -2.25. The van der Waals surface area contributed by atoms with Gasteiger partial charge in [0, 0.05) is 6.42 Å². The van der Waals surface area contributed by atoms with Crippen LogP contribution in [0.2, 0.25) is 0 Å². The third-order valence-corrected chi connectivity index (χ3v) is 3.40. The van der Waals surface area contributed by atoms with Gasteiger partial charge in [-0.05, 0) is 30.7 Å². The van der Waals surface area contributed by atoms with Gasteiger partial charge in [-0.1, -0.05) is 30.3 Å². The molecule has 3 nitrogen and oxygen atoms in total. The van der Waals surface area contributed by atoms with Crippen LogP contribution in [0, 0.1) is 11.6 Å². The van der Waals surface area contributed by atoms with E-state index in [2.05, 4.69) is 5.32 Å². The van der Waals surface area contributed by atoms with Crippen LogP contribution < -0.4 is 5.32 Å². The van der Waals surface area contributed by atoms with E-state index in [1.807, 2.05) is 30.3 Å². The molecule has 0 aliphatic rings. The highest BCUT2D eigenvalue weighted by molar-refractivity contribution is 5.94. The minimum absolute atomic E-state index is 0.355. The lowest BCUT2D eigenvalue weighted by atomic mass is 10.0. The number of amides is 1.